The smallest absolute Gasteiger partial charge is 0.240 e. The predicted molar refractivity (Wildman–Crippen MR) is 262 cm³/mol. The molecule has 9 atom stereocenters. The van der Waals surface area contributed by atoms with Gasteiger partial charge < -0.3 is 34.1 Å². The van der Waals surface area contributed by atoms with E-state index in [1.54, 1.807) is 24.6 Å². The third-order valence-corrected chi connectivity index (χ3v) is 14.6. The van der Waals surface area contributed by atoms with Crippen molar-refractivity contribution in [1.82, 2.24) is 40.0 Å². The number of likely N-dealkylation sites (tertiary alicyclic amines) is 1. The van der Waals surface area contributed by atoms with Crippen LogP contribution in [0.4, 0.5) is 8.78 Å². The van der Waals surface area contributed by atoms with Crippen LogP contribution < -0.4 is 10.6 Å². The number of amides is 2. The van der Waals surface area contributed by atoms with Gasteiger partial charge in [0, 0.05) is 55.7 Å². The molecule has 1 saturated heterocycles. The number of allylic oxidation sites excluding steroid dienone is 2. The van der Waals surface area contributed by atoms with Gasteiger partial charge in [-0.3, -0.25) is 34.8 Å². The molecule has 9 unspecified atom stereocenters. The maximum absolute atomic E-state index is 15.1. The van der Waals surface area contributed by atoms with Crippen molar-refractivity contribution in [3.63, 3.8) is 0 Å². The number of aliphatic hydroxyl groups excluding tert-OH is 1. The number of aliphatic imine (C=N–C) groups is 2. The van der Waals surface area contributed by atoms with Crippen molar-refractivity contribution < 1.29 is 37.7 Å². The Morgan fingerprint density at radius 1 is 1.09 bits per heavy atom. The molecular weight excluding hydrogens is 907 g/mol. The summed E-state index contributed by atoms with van der Waals surface area (Å²) in [5.41, 5.74) is 6.48. The number of aliphatic hydroxyl groups is 1. The number of H-pyrrole nitrogens is 1. The normalized spacial score (nSPS) is 23.1. The van der Waals surface area contributed by atoms with Gasteiger partial charge in [0.05, 0.1) is 83.5 Å². The molecule has 9 rings (SSSR count). The molecule has 3 aromatic heterocycles. The number of ether oxygens (including phenoxy) is 3. The molecule has 16 nitrogen and oxygen atoms in total. The molecule has 4 N–H and O–H groups in total. The molecule has 0 saturated carbocycles. The molecular formula is C50H62F2N10O6S. The van der Waals surface area contributed by atoms with Crippen LogP contribution in [0.2, 0.25) is 0 Å². The van der Waals surface area contributed by atoms with Crippen LogP contribution in [0.5, 0.6) is 0 Å². The number of hydrogen-bond donors (Lipinski definition) is 4. The number of carbonyl (C=O) groups is 2. The van der Waals surface area contributed by atoms with E-state index in [0.29, 0.717) is 12.2 Å². The maximum Gasteiger partial charge on any atom is 0.240 e. The van der Waals surface area contributed by atoms with Crippen LogP contribution in [0, 0.1) is 17.8 Å². The second kappa shape index (κ2) is 20.5. The fraction of sp³-hybridized carbons (Fsp3) is 0.520. The molecule has 1 aliphatic carbocycles. The Morgan fingerprint density at radius 3 is 2.62 bits per heavy atom. The summed E-state index contributed by atoms with van der Waals surface area (Å²) in [7, 11) is 2.89. The minimum atomic E-state index is -1.35. The summed E-state index contributed by atoms with van der Waals surface area (Å²) in [6.45, 7) is 9.28. The minimum Gasteiger partial charge on any atom is -0.467 e. The lowest BCUT2D eigenvalue weighted by atomic mass is 9.83. The first kappa shape index (κ1) is 48.6. The molecule has 19 heteroatoms. The fourth-order valence-electron chi connectivity index (χ4n) is 10.1. The summed E-state index contributed by atoms with van der Waals surface area (Å²) in [6.07, 6.45) is 0.868. The highest BCUT2D eigenvalue weighted by atomic mass is 32.1. The third-order valence-electron chi connectivity index (χ3n) is 13.5. The standard InChI is InChI=1S/C50H62F2N10O6S/c1-26(2)43(55-25-66-6)47(63)60(22-28(5)51)24-42-53-20-35(56-42)30-12-14-33-38-17-31-16-29(13-15-37(31)62(38)49(68-40(33)18-30)46-58-34-10-8-9-11-41(34)69-46)36-21-54-45(57-36)39-19-32(52)23-61(39)48(64)44(27(3)4)59-50(65)67-7/h8-11,13,15-17,20-21,26-28,30,32,39,42-44,49-50,55,59,65H,12,14,18-19,22-25H2,1-7H3,(H,54,57). The first-order valence-corrected chi connectivity index (χ1v) is 24.6. The molecule has 69 heavy (non-hydrogen) atoms. The summed E-state index contributed by atoms with van der Waals surface area (Å²) in [5, 5.41) is 17.9. The molecule has 6 heterocycles. The average molecular weight is 969 g/mol. The van der Waals surface area contributed by atoms with Gasteiger partial charge in [0.1, 0.15) is 23.9 Å². The van der Waals surface area contributed by atoms with Gasteiger partial charge in [-0.2, -0.15) is 0 Å². The maximum atomic E-state index is 15.1. The number of thiazole rings is 1. The van der Waals surface area contributed by atoms with E-state index in [1.165, 1.54) is 23.8 Å². The molecule has 2 aromatic carbocycles. The zero-order valence-corrected chi connectivity index (χ0v) is 40.9. The first-order valence-electron chi connectivity index (χ1n) is 23.8. The number of hydrogen-bond acceptors (Lipinski definition) is 13. The lowest BCUT2D eigenvalue weighted by molar-refractivity contribution is -0.145. The quantitative estimate of drug-likeness (QED) is 0.0659. The number of aromatic amines is 1. The molecule has 0 bridgehead atoms. The zero-order chi connectivity index (χ0) is 48.7. The number of nitrogens with one attached hydrogen (secondary N) is 3. The van der Waals surface area contributed by atoms with Gasteiger partial charge in [-0.1, -0.05) is 45.9 Å². The summed E-state index contributed by atoms with van der Waals surface area (Å²) >= 11 is 1.60. The molecule has 368 valence electrons. The SMILES string of the molecule is COCNC(C(=O)N(CC(C)F)CC1N=CC(C2CCC3=C(C2)OC(c2nc4ccccc4s2)n2c3cc3cc(-c4cnc(C5CC(F)CN5C(=O)C(NC(O)OC)C(C)C)[nH]4)ccc32)=N1)C(C)C. The number of imidazole rings is 1. The number of carbonyl (C=O) groups excluding carboxylic acids is 2. The number of alkyl halides is 2. The molecule has 0 spiro atoms. The van der Waals surface area contributed by atoms with Gasteiger partial charge in [0.15, 0.2) is 11.2 Å². The number of rotatable bonds is 18. The lowest BCUT2D eigenvalue weighted by Gasteiger charge is -2.35. The Bertz CT molecular complexity index is 2730. The zero-order valence-electron chi connectivity index (χ0n) is 40.1. The first-order chi connectivity index (χ1) is 33.2. The van der Waals surface area contributed by atoms with Crippen molar-refractivity contribution in [2.45, 2.75) is 110 Å². The monoisotopic (exact) mass is 968 g/mol. The highest BCUT2D eigenvalue weighted by Crippen LogP contribution is 2.48. The van der Waals surface area contributed by atoms with E-state index >= 15 is 4.39 Å². The highest BCUT2D eigenvalue weighted by molar-refractivity contribution is 7.18. The number of para-hydroxylation sites is 1. The summed E-state index contributed by atoms with van der Waals surface area (Å²) in [6, 6.07) is 14.5. The number of fused-ring (bicyclic) bond motifs is 5. The van der Waals surface area contributed by atoms with Crippen molar-refractivity contribution >= 4 is 61.8 Å². The largest absolute Gasteiger partial charge is 0.467 e. The van der Waals surface area contributed by atoms with Crippen molar-refractivity contribution in [3.8, 4) is 11.3 Å². The Morgan fingerprint density at radius 2 is 1.88 bits per heavy atom. The number of benzene rings is 2. The van der Waals surface area contributed by atoms with Crippen LogP contribution in [0.15, 0.2) is 70.5 Å². The van der Waals surface area contributed by atoms with E-state index in [0.717, 1.165) is 73.0 Å². The van der Waals surface area contributed by atoms with Crippen LogP contribution >= 0.6 is 11.3 Å². The highest BCUT2D eigenvalue weighted by Gasteiger charge is 2.42. The van der Waals surface area contributed by atoms with E-state index in [1.807, 2.05) is 58.2 Å². The predicted octanol–water partition coefficient (Wildman–Crippen LogP) is 7.13. The van der Waals surface area contributed by atoms with Crippen molar-refractivity contribution in [2.24, 2.45) is 27.7 Å². The summed E-state index contributed by atoms with van der Waals surface area (Å²) in [4.78, 5) is 53.5. The molecule has 1 fully saturated rings. The van der Waals surface area contributed by atoms with Crippen LogP contribution in [-0.2, 0) is 23.8 Å². The Kier molecular flexibility index (Phi) is 14.4. The van der Waals surface area contributed by atoms with Gasteiger partial charge >= 0.3 is 0 Å². The van der Waals surface area contributed by atoms with E-state index in [4.69, 9.17) is 29.2 Å². The van der Waals surface area contributed by atoms with Gasteiger partial charge in [0.25, 0.3) is 0 Å². The van der Waals surface area contributed by atoms with Gasteiger partial charge in [-0.05, 0) is 61.9 Å². The van der Waals surface area contributed by atoms with Crippen LogP contribution in [-0.4, -0.2) is 136 Å². The van der Waals surface area contributed by atoms with Crippen molar-refractivity contribution in [3.05, 3.63) is 77.0 Å². The third kappa shape index (κ3) is 9.99. The Labute approximate surface area is 404 Å². The fourth-order valence-corrected chi connectivity index (χ4v) is 11.1. The van der Waals surface area contributed by atoms with E-state index in [2.05, 4.69) is 49.4 Å². The number of nitrogens with zero attached hydrogens (tertiary/aromatic N) is 7. The van der Waals surface area contributed by atoms with Gasteiger partial charge in [-0.15, -0.1) is 11.3 Å². The van der Waals surface area contributed by atoms with Crippen LogP contribution in [0.25, 0.3) is 38.0 Å². The average Bonchev–Trinajstić information content (AvgIpc) is 4.19. The van der Waals surface area contributed by atoms with Gasteiger partial charge in [0.2, 0.25) is 24.5 Å². The number of aromatic nitrogens is 4. The van der Waals surface area contributed by atoms with Crippen LogP contribution in [0.3, 0.4) is 0 Å². The second-order valence-electron chi connectivity index (χ2n) is 19.2. The molecule has 5 aromatic rings. The van der Waals surface area contributed by atoms with Gasteiger partial charge in [-0.25, -0.2) is 18.7 Å². The Hall–Kier alpha value is -5.44. The van der Waals surface area contributed by atoms with Crippen molar-refractivity contribution in [2.75, 3.05) is 40.6 Å². The molecule has 0 radical (unpaired) electrons. The summed E-state index contributed by atoms with van der Waals surface area (Å²) < 4.78 is 50.1. The Balaban J connectivity index is 0.993. The minimum absolute atomic E-state index is 0.0184. The van der Waals surface area contributed by atoms with E-state index in [-0.39, 0.29) is 62.4 Å². The topological polar surface area (TPSA) is 184 Å². The molecule has 2 amide bonds. The molecule has 4 aliphatic rings. The van der Waals surface area contributed by atoms with E-state index in [9.17, 15) is 19.1 Å². The van der Waals surface area contributed by atoms with Crippen LogP contribution in [0.1, 0.15) is 89.1 Å². The number of halogens is 2. The summed E-state index contributed by atoms with van der Waals surface area (Å²) in [5.74, 6) is 0.596. The molecule has 3 aliphatic heterocycles. The van der Waals surface area contributed by atoms with E-state index < -0.39 is 49.3 Å². The number of methoxy groups -OCH3 is 2. The van der Waals surface area contributed by atoms with Crippen molar-refractivity contribution in [1.29, 1.82) is 0 Å². The lowest BCUT2D eigenvalue weighted by Crippen LogP contribution is -2.53. The second-order valence-corrected chi connectivity index (χ2v) is 20.3.